The van der Waals surface area contributed by atoms with Gasteiger partial charge in [0.05, 0.1) is 5.69 Å². The van der Waals surface area contributed by atoms with Crippen molar-refractivity contribution in [2.24, 2.45) is 0 Å². The molecule has 4 aromatic rings. The second-order valence-electron chi connectivity index (χ2n) is 6.55. The Morgan fingerprint density at radius 2 is 1.88 bits per heavy atom. The van der Waals surface area contributed by atoms with E-state index in [0.717, 1.165) is 39.2 Å². The number of fused-ring (bicyclic) bond motifs is 3. The van der Waals surface area contributed by atoms with Gasteiger partial charge in [0.2, 0.25) is 0 Å². The predicted molar refractivity (Wildman–Crippen MR) is 110 cm³/mol. The van der Waals surface area contributed by atoms with Crippen molar-refractivity contribution >= 4 is 33.7 Å². The van der Waals surface area contributed by atoms with Crippen LogP contribution in [0.5, 0.6) is 0 Å². The molecule has 5 heteroatoms. The van der Waals surface area contributed by atoms with Crippen molar-refractivity contribution < 1.29 is 0 Å². The first-order valence-electron chi connectivity index (χ1n) is 8.86. The molecule has 0 aliphatic heterocycles. The standard InChI is InChI=1S/C21H21N3OS/c1-4-14(3)26-21-23-18-15-10-6-7-11-16(15)22-19(18)20(25)24(21)17-12-8-5-9-13(17)2/h5-12,14,22H,4H2,1-3H3. The zero-order valence-electron chi connectivity index (χ0n) is 15.1. The van der Waals surface area contributed by atoms with Gasteiger partial charge in [-0.1, -0.05) is 62.0 Å². The summed E-state index contributed by atoms with van der Waals surface area (Å²) in [7, 11) is 0. The molecule has 0 fully saturated rings. The molecule has 2 aromatic heterocycles. The van der Waals surface area contributed by atoms with Crippen LogP contribution >= 0.6 is 11.8 Å². The van der Waals surface area contributed by atoms with Gasteiger partial charge in [-0.15, -0.1) is 0 Å². The van der Waals surface area contributed by atoms with Crippen LogP contribution in [0.2, 0.25) is 0 Å². The fourth-order valence-electron chi connectivity index (χ4n) is 3.11. The molecule has 1 atom stereocenters. The highest BCUT2D eigenvalue weighted by Crippen LogP contribution is 2.29. The smallest absolute Gasteiger partial charge is 0.283 e. The Morgan fingerprint density at radius 3 is 2.65 bits per heavy atom. The van der Waals surface area contributed by atoms with E-state index in [1.165, 1.54) is 0 Å². The average Bonchev–Trinajstić information content (AvgIpc) is 3.02. The normalized spacial score (nSPS) is 12.7. The van der Waals surface area contributed by atoms with Gasteiger partial charge in [-0.25, -0.2) is 4.98 Å². The minimum absolute atomic E-state index is 0.0497. The van der Waals surface area contributed by atoms with Gasteiger partial charge < -0.3 is 4.98 Å². The summed E-state index contributed by atoms with van der Waals surface area (Å²) in [5.41, 5.74) is 4.14. The van der Waals surface area contributed by atoms with Crippen molar-refractivity contribution in [2.45, 2.75) is 37.6 Å². The van der Waals surface area contributed by atoms with Crippen LogP contribution in [0.4, 0.5) is 0 Å². The molecule has 2 aromatic carbocycles. The maximum absolute atomic E-state index is 13.4. The van der Waals surface area contributed by atoms with Gasteiger partial charge in [0.25, 0.3) is 5.56 Å². The van der Waals surface area contributed by atoms with E-state index in [-0.39, 0.29) is 5.56 Å². The Kier molecular flexibility index (Phi) is 4.32. The monoisotopic (exact) mass is 363 g/mol. The van der Waals surface area contributed by atoms with Gasteiger partial charge in [-0.3, -0.25) is 9.36 Å². The van der Waals surface area contributed by atoms with E-state index in [0.29, 0.717) is 10.8 Å². The van der Waals surface area contributed by atoms with E-state index in [4.69, 9.17) is 4.98 Å². The number of aromatic amines is 1. The lowest BCUT2D eigenvalue weighted by atomic mass is 10.2. The molecule has 0 spiro atoms. The van der Waals surface area contributed by atoms with Crippen molar-refractivity contribution in [1.29, 1.82) is 0 Å². The molecule has 26 heavy (non-hydrogen) atoms. The number of nitrogens with zero attached hydrogens (tertiary/aromatic N) is 2. The number of H-pyrrole nitrogens is 1. The second-order valence-corrected chi connectivity index (χ2v) is 7.96. The Morgan fingerprint density at radius 1 is 1.15 bits per heavy atom. The lowest BCUT2D eigenvalue weighted by Gasteiger charge is -2.16. The number of benzene rings is 2. The van der Waals surface area contributed by atoms with Gasteiger partial charge in [0.1, 0.15) is 11.0 Å². The molecule has 1 N–H and O–H groups in total. The molecule has 0 saturated carbocycles. The summed E-state index contributed by atoms with van der Waals surface area (Å²) in [6.07, 6.45) is 1.01. The highest BCUT2D eigenvalue weighted by molar-refractivity contribution is 7.99. The Labute approximate surface area is 156 Å². The van der Waals surface area contributed by atoms with E-state index in [2.05, 4.69) is 18.8 Å². The van der Waals surface area contributed by atoms with Gasteiger partial charge in [0.15, 0.2) is 5.16 Å². The third kappa shape index (κ3) is 2.72. The van der Waals surface area contributed by atoms with E-state index < -0.39 is 0 Å². The number of rotatable bonds is 4. The highest BCUT2D eigenvalue weighted by Gasteiger charge is 2.19. The lowest BCUT2D eigenvalue weighted by molar-refractivity contribution is 0.801. The highest BCUT2D eigenvalue weighted by atomic mass is 32.2. The van der Waals surface area contributed by atoms with Crippen molar-refractivity contribution in [3.63, 3.8) is 0 Å². The summed E-state index contributed by atoms with van der Waals surface area (Å²) in [5, 5.41) is 2.11. The van der Waals surface area contributed by atoms with E-state index >= 15 is 0 Å². The van der Waals surface area contributed by atoms with E-state index in [9.17, 15) is 4.79 Å². The third-order valence-corrected chi connectivity index (χ3v) is 5.95. The number of aryl methyl sites for hydroxylation is 1. The van der Waals surface area contributed by atoms with E-state index in [1.807, 2.05) is 55.5 Å². The minimum atomic E-state index is -0.0497. The quantitative estimate of drug-likeness (QED) is 0.407. The molecule has 0 amide bonds. The van der Waals surface area contributed by atoms with Crippen molar-refractivity contribution in [3.05, 3.63) is 64.4 Å². The van der Waals surface area contributed by atoms with Crippen molar-refractivity contribution in [1.82, 2.24) is 14.5 Å². The summed E-state index contributed by atoms with van der Waals surface area (Å²) in [5.74, 6) is 0. The molecular weight excluding hydrogens is 342 g/mol. The van der Waals surface area contributed by atoms with Gasteiger partial charge in [0, 0.05) is 16.2 Å². The molecule has 0 saturated heterocycles. The molecule has 0 bridgehead atoms. The molecule has 4 rings (SSSR count). The first kappa shape index (κ1) is 16.9. The summed E-state index contributed by atoms with van der Waals surface area (Å²) < 4.78 is 1.75. The molecule has 0 aliphatic carbocycles. The topological polar surface area (TPSA) is 50.7 Å². The Hall–Kier alpha value is -2.53. The Bertz CT molecular complexity index is 1160. The maximum Gasteiger partial charge on any atom is 0.283 e. The number of hydrogen-bond donors (Lipinski definition) is 1. The number of hydrogen-bond acceptors (Lipinski definition) is 3. The molecule has 4 nitrogen and oxygen atoms in total. The lowest BCUT2D eigenvalue weighted by Crippen LogP contribution is -2.23. The number of nitrogens with one attached hydrogen (secondary N) is 1. The molecule has 1 unspecified atom stereocenters. The maximum atomic E-state index is 13.4. The Balaban J connectivity index is 2.09. The van der Waals surface area contributed by atoms with Crippen molar-refractivity contribution in [3.8, 4) is 5.69 Å². The fourth-order valence-corrected chi connectivity index (χ4v) is 4.07. The number of aromatic nitrogens is 3. The first-order chi connectivity index (χ1) is 12.6. The van der Waals surface area contributed by atoms with Crippen LogP contribution in [0.15, 0.2) is 58.5 Å². The fraction of sp³-hybridized carbons (Fsp3) is 0.238. The molecule has 0 aliphatic rings. The average molecular weight is 363 g/mol. The second kappa shape index (κ2) is 6.65. The van der Waals surface area contributed by atoms with Gasteiger partial charge in [-0.05, 0) is 31.0 Å². The van der Waals surface area contributed by atoms with Crippen LogP contribution in [-0.2, 0) is 0 Å². The zero-order valence-corrected chi connectivity index (χ0v) is 15.9. The predicted octanol–water partition coefficient (Wildman–Crippen LogP) is 5.07. The number of para-hydroxylation sites is 2. The first-order valence-corrected chi connectivity index (χ1v) is 9.74. The summed E-state index contributed by atoms with van der Waals surface area (Å²) >= 11 is 1.65. The van der Waals surface area contributed by atoms with Crippen LogP contribution in [0, 0.1) is 6.92 Å². The van der Waals surface area contributed by atoms with Crippen molar-refractivity contribution in [2.75, 3.05) is 0 Å². The summed E-state index contributed by atoms with van der Waals surface area (Å²) in [6.45, 7) is 6.34. The van der Waals surface area contributed by atoms with Crippen LogP contribution in [0.1, 0.15) is 25.8 Å². The van der Waals surface area contributed by atoms with Crippen LogP contribution < -0.4 is 5.56 Å². The van der Waals surface area contributed by atoms with E-state index in [1.54, 1.807) is 16.3 Å². The largest absolute Gasteiger partial charge is 0.349 e. The van der Waals surface area contributed by atoms with Crippen LogP contribution in [0.3, 0.4) is 0 Å². The van der Waals surface area contributed by atoms with Gasteiger partial charge >= 0.3 is 0 Å². The summed E-state index contributed by atoms with van der Waals surface area (Å²) in [4.78, 5) is 21.6. The SMILES string of the molecule is CCC(C)Sc1nc2c([nH]c3ccccc32)c(=O)n1-c1ccccc1C. The molecule has 0 radical (unpaired) electrons. The number of thioether (sulfide) groups is 1. The summed E-state index contributed by atoms with van der Waals surface area (Å²) in [6, 6.07) is 15.9. The van der Waals surface area contributed by atoms with Crippen LogP contribution in [0.25, 0.3) is 27.6 Å². The molecular formula is C21H21N3OS. The van der Waals surface area contributed by atoms with Crippen LogP contribution in [-0.4, -0.2) is 19.8 Å². The minimum Gasteiger partial charge on any atom is -0.349 e. The molecule has 132 valence electrons. The molecule has 2 heterocycles. The third-order valence-electron chi connectivity index (χ3n) is 4.73. The zero-order chi connectivity index (χ0) is 18.3. The van der Waals surface area contributed by atoms with Gasteiger partial charge in [-0.2, -0.15) is 0 Å².